The summed E-state index contributed by atoms with van der Waals surface area (Å²) < 4.78 is 9.93. The van der Waals surface area contributed by atoms with Gasteiger partial charge in [-0.1, -0.05) is 17.3 Å². The van der Waals surface area contributed by atoms with E-state index in [-0.39, 0.29) is 6.42 Å². The van der Waals surface area contributed by atoms with Gasteiger partial charge in [0.1, 0.15) is 5.69 Å². The van der Waals surface area contributed by atoms with Crippen molar-refractivity contribution < 1.29 is 23.6 Å². The normalized spacial score (nSPS) is 11.1. The Hall–Kier alpha value is -2.90. The topological polar surface area (TPSA) is 111 Å². The van der Waals surface area contributed by atoms with Crippen molar-refractivity contribution in [1.82, 2.24) is 15.8 Å². The Kier molecular flexibility index (Phi) is 5.18. The molecule has 2 aromatic rings. The molecule has 0 aliphatic heterocycles. The number of hydrogen-bond donors (Lipinski definition) is 2. The number of hydrogen-bond acceptors (Lipinski definition) is 6. The summed E-state index contributed by atoms with van der Waals surface area (Å²) in [7, 11) is 0. The van der Waals surface area contributed by atoms with Crippen LogP contribution in [0.1, 0.15) is 26.5 Å². The first-order chi connectivity index (χ1) is 11.2. The summed E-state index contributed by atoms with van der Waals surface area (Å²) in [5.74, 6) is -1.35. The van der Waals surface area contributed by atoms with Gasteiger partial charge >= 0.3 is 12.0 Å². The second-order valence-corrected chi connectivity index (χ2v) is 6.22. The average Bonchev–Trinajstić information content (AvgIpc) is 2.86. The lowest BCUT2D eigenvalue weighted by molar-refractivity contribution is -0.147. The minimum Gasteiger partial charge on any atom is -0.455 e. The lowest BCUT2D eigenvalue weighted by atomic mass is 10.1. The second kappa shape index (κ2) is 7.12. The first kappa shape index (κ1) is 17.5. The fourth-order valence-electron chi connectivity index (χ4n) is 1.93. The molecule has 0 bridgehead atoms. The van der Waals surface area contributed by atoms with E-state index in [0.29, 0.717) is 16.7 Å². The number of amides is 3. The van der Waals surface area contributed by atoms with Crippen molar-refractivity contribution in [3.8, 4) is 0 Å². The first-order valence-electron chi connectivity index (χ1n) is 7.35. The molecule has 0 aliphatic carbocycles. The highest BCUT2D eigenvalue weighted by molar-refractivity contribution is 5.96. The number of fused-ring (bicyclic) bond motifs is 1. The fraction of sp³-hybridized carbons (Fsp3) is 0.375. The SMILES string of the molecule is CC(C)(C)NC(=O)NC(=O)COC(=O)Cc1noc2ccccc12. The molecule has 24 heavy (non-hydrogen) atoms. The van der Waals surface area contributed by atoms with Gasteiger partial charge in [-0.3, -0.25) is 14.9 Å². The predicted molar refractivity (Wildman–Crippen MR) is 85.1 cm³/mol. The van der Waals surface area contributed by atoms with Gasteiger partial charge in [0.15, 0.2) is 12.2 Å². The van der Waals surface area contributed by atoms with Crippen LogP contribution in [-0.4, -0.2) is 35.2 Å². The smallest absolute Gasteiger partial charge is 0.321 e. The van der Waals surface area contributed by atoms with E-state index in [1.165, 1.54) is 0 Å². The number of urea groups is 1. The molecule has 128 valence electrons. The van der Waals surface area contributed by atoms with Gasteiger partial charge in [0.05, 0.1) is 6.42 Å². The molecular formula is C16H19N3O5. The molecule has 0 fully saturated rings. The van der Waals surface area contributed by atoms with Gasteiger partial charge in [0.2, 0.25) is 0 Å². The van der Waals surface area contributed by atoms with E-state index < -0.39 is 30.1 Å². The largest absolute Gasteiger partial charge is 0.455 e. The Morgan fingerprint density at radius 3 is 2.62 bits per heavy atom. The van der Waals surface area contributed by atoms with E-state index in [9.17, 15) is 14.4 Å². The van der Waals surface area contributed by atoms with Crippen LogP contribution in [-0.2, 0) is 20.7 Å². The van der Waals surface area contributed by atoms with E-state index in [4.69, 9.17) is 9.26 Å². The van der Waals surface area contributed by atoms with Crippen molar-refractivity contribution in [3.05, 3.63) is 30.0 Å². The molecule has 0 atom stereocenters. The Morgan fingerprint density at radius 1 is 1.21 bits per heavy atom. The molecule has 0 aliphatic rings. The van der Waals surface area contributed by atoms with Crippen LogP contribution < -0.4 is 10.6 Å². The maximum atomic E-state index is 11.8. The van der Waals surface area contributed by atoms with Gasteiger partial charge in [-0.2, -0.15) is 0 Å². The number of carbonyl (C=O) groups excluding carboxylic acids is 3. The van der Waals surface area contributed by atoms with Gasteiger partial charge < -0.3 is 14.6 Å². The molecule has 0 spiro atoms. The molecule has 1 heterocycles. The molecule has 0 saturated heterocycles. The molecule has 8 heteroatoms. The molecular weight excluding hydrogens is 314 g/mol. The third-order valence-corrected chi connectivity index (χ3v) is 2.87. The number of nitrogens with zero attached hydrogens (tertiary/aromatic N) is 1. The molecule has 2 N–H and O–H groups in total. The van der Waals surface area contributed by atoms with Gasteiger partial charge in [0.25, 0.3) is 5.91 Å². The van der Waals surface area contributed by atoms with Gasteiger partial charge in [-0.25, -0.2) is 4.79 Å². The van der Waals surface area contributed by atoms with Crippen molar-refractivity contribution in [2.75, 3.05) is 6.61 Å². The number of para-hydroxylation sites is 1. The number of rotatable bonds is 4. The zero-order chi connectivity index (χ0) is 17.7. The number of ether oxygens (including phenoxy) is 1. The van der Waals surface area contributed by atoms with Crippen molar-refractivity contribution in [3.63, 3.8) is 0 Å². The zero-order valence-electron chi connectivity index (χ0n) is 13.7. The summed E-state index contributed by atoms with van der Waals surface area (Å²) in [5.41, 5.74) is 0.521. The van der Waals surface area contributed by atoms with Crippen LogP contribution in [0.5, 0.6) is 0 Å². The van der Waals surface area contributed by atoms with E-state index >= 15 is 0 Å². The fourth-order valence-corrected chi connectivity index (χ4v) is 1.93. The Balaban J connectivity index is 1.81. The highest BCUT2D eigenvalue weighted by Gasteiger charge is 2.17. The van der Waals surface area contributed by atoms with Crippen molar-refractivity contribution in [2.45, 2.75) is 32.7 Å². The van der Waals surface area contributed by atoms with Crippen LogP contribution in [0.15, 0.2) is 28.8 Å². The molecule has 8 nitrogen and oxygen atoms in total. The summed E-state index contributed by atoms with van der Waals surface area (Å²) in [4.78, 5) is 34.9. The van der Waals surface area contributed by atoms with Crippen LogP contribution >= 0.6 is 0 Å². The average molecular weight is 333 g/mol. The molecule has 2 rings (SSSR count). The number of nitrogens with one attached hydrogen (secondary N) is 2. The summed E-state index contributed by atoms with van der Waals surface area (Å²) in [6, 6.07) is 6.46. The monoisotopic (exact) mass is 333 g/mol. The number of benzene rings is 1. The van der Waals surface area contributed by atoms with Gasteiger partial charge in [-0.15, -0.1) is 0 Å². The summed E-state index contributed by atoms with van der Waals surface area (Å²) >= 11 is 0. The van der Waals surface area contributed by atoms with Crippen LogP contribution in [0, 0.1) is 0 Å². The molecule has 1 aromatic heterocycles. The maximum Gasteiger partial charge on any atom is 0.321 e. The van der Waals surface area contributed by atoms with Crippen molar-refractivity contribution in [1.29, 1.82) is 0 Å². The highest BCUT2D eigenvalue weighted by Crippen LogP contribution is 2.18. The molecule has 3 amide bonds. The van der Waals surface area contributed by atoms with Gasteiger partial charge in [0, 0.05) is 10.9 Å². The Bertz CT molecular complexity index is 760. The van der Waals surface area contributed by atoms with E-state index in [1.807, 2.05) is 0 Å². The lowest BCUT2D eigenvalue weighted by Crippen LogP contribution is -2.49. The zero-order valence-corrected chi connectivity index (χ0v) is 13.7. The molecule has 1 aromatic carbocycles. The van der Waals surface area contributed by atoms with E-state index in [2.05, 4.69) is 15.8 Å². The van der Waals surface area contributed by atoms with Crippen molar-refractivity contribution in [2.24, 2.45) is 0 Å². The summed E-state index contributed by atoms with van der Waals surface area (Å²) in [6.45, 7) is 4.78. The van der Waals surface area contributed by atoms with Gasteiger partial charge in [-0.05, 0) is 32.9 Å². The minimum atomic E-state index is -0.713. The number of esters is 1. The van der Waals surface area contributed by atoms with Crippen LogP contribution in [0.2, 0.25) is 0 Å². The first-order valence-corrected chi connectivity index (χ1v) is 7.35. The van der Waals surface area contributed by atoms with E-state index in [1.54, 1.807) is 45.0 Å². The summed E-state index contributed by atoms with van der Waals surface area (Å²) in [6.07, 6.45) is -0.127. The third kappa shape index (κ3) is 5.08. The summed E-state index contributed by atoms with van der Waals surface area (Å²) in [5, 5.41) is 9.16. The standard InChI is InChI=1S/C16H19N3O5/c1-16(2,3)18-15(22)17-13(20)9-23-14(21)8-11-10-6-4-5-7-12(10)24-19-11/h4-7H,8-9H2,1-3H3,(H2,17,18,20,22). The lowest BCUT2D eigenvalue weighted by Gasteiger charge is -2.20. The van der Waals surface area contributed by atoms with Crippen LogP contribution in [0.4, 0.5) is 4.79 Å². The predicted octanol–water partition coefficient (Wildman–Crippen LogP) is 1.54. The van der Waals surface area contributed by atoms with Crippen LogP contribution in [0.3, 0.4) is 0 Å². The molecule has 0 radical (unpaired) electrons. The quantitative estimate of drug-likeness (QED) is 0.821. The van der Waals surface area contributed by atoms with E-state index in [0.717, 1.165) is 0 Å². The maximum absolute atomic E-state index is 11.8. The second-order valence-electron chi connectivity index (χ2n) is 6.22. The Morgan fingerprint density at radius 2 is 1.92 bits per heavy atom. The minimum absolute atomic E-state index is 0.127. The molecule has 0 unspecified atom stereocenters. The highest BCUT2D eigenvalue weighted by atomic mass is 16.5. The Labute approximate surface area is 138 Å². The number of aromatic nitrogens is 1. The third-order valence-electron chi connectivity index (χ3n) is 2.87. The van der Waals surface area contributed by atoms with Crippen LogP contribution in [0.25, 0.3) is 11.0 Å². The number of carbonyl (C=O) groups is 3. The van der Waals surface area contributed by atoms with Crippen molar-refractivity contribution >= 4 is 28.9 Å². The molecule has 0 saturated carbocycles. The number of imide groups is 1.